The fourth-order valence-electron chi connectivity index (χ4n) is 3.54. The zero-order valence-corrected chi connectivity index (χ0v) is 13.2. The number of fused-ring (bicyclic) bond motifs is 1. The summed E-state index contributed by atoms with van der Waals surface area (Å²) in [7, 11) is 1.63. The number of methoxy groups -OCH3 is 1. The van der Waals surface area contributed by atoms with Crippen LogP contribution in [0.5, 0.6) is 17.2 Å². The van der Waals surface area contributed by atoms with Gasteiger partial charge in [-0.1, -0.05) is 0 Å². The Balaban J connectivity index is 1.73. The van der Waals surface area contributed by atoms with Gasteiger partial charge in [0.15, 0.2) is 11.5 Å². The Labute approximate surface area is 135 Å². The highest BCUT2D eigenvalue weighted by Crippen LogP contribution is 2.44. The minimum absolute atomic E-state index is 0.223. The monoisotopic (exact) mass is 315 g/mol. The lowest BCUT2D eigenvalue weighted by molar-refractivity contribution is 0.171. The molecule has 0 spiro atoms. The van der Waals surface area contributed by atoms with E-state index in [1.54, 1.807) is 7.11 Å². The molecular weight excluding hydrogens is 294 g/mol. The second-order valence-electron chi connectivity index (χ2n) is 6.15. The zero-order valence-electron chi connectivity index (χ0n) is 13.2. The molecule has 2 aliphatic rings. The number of hydrogen-bond donors (Lipinski definition) is 1. The number of ether oxygens (including phenoxy) is 3. The van der Waals surface area contributed by atoms with Crippen LogP contribution in [0.4, 0.5) is 0 Å². The topological polar surface area (TPSA) is 71.5 Å². The second-order valence-corrected chi connectivity index (χ2v) is 6.15. The van der Waals surface area contributed by atoms with Gasteiger partial charge in [-0.2, -0.15) is 0 Å². The Kier molecular flexibility index (Phi) is 3.61. The molecule has 4 rings (SSSR count). The molecule has 0 radical (unpaired) electrons. The van der Waals surface area contributed by atoms with Gasteiger partial charge in [-0.15, -0.1) is 0 Å². The molecule has 2 N–H and O–H groups in total. The van der Waals surface area contributed by atoms with E-state index in [0.717, 1.165) is 37.1 Å². The molecule has 6 nitrogen and oxygen atoms in total. The van der Waals surface area contributed by atoms with Crippen LogP contribution in [0, 0.1) is 0 Å². The van der Waals surface area contributed by atoms with Crippen molar-refractivity contribution in [2.75, 3.05) is 13.9 Å². The normalized spacial score (nSPS) is 23.0. The maximum atomic E-state index is 6.15. The lowest BCUT2D eigenvalue weighted by Crippen LogP contribution is -2.29. The summed E-state index contributed by atoms with van der Waals surface area (Å²) in [4.78, 5) is 4.56. The fourth-order valence-corrected chi connectivity index (χ4v) is 3.54. The molecule has 0 unspecified atom stereocenters. The molecule has 2 aromatic rings. The molecule has 0 bridgehead atoms. The lowest BCUT2D eigenvalue weighted by atomic mass is 9.91. The third-order valence-corrected chi connectivity index (χ3v) is 4.67. The smallest absolute Gasteiger partial charge is 0.231 e. The van der Waals surface area contributed by atoms with Crippen LogP contribution < -0.4 is 19.9 Å². The van der Waals surface area contributed by atoms with E-state index >= 15 is 0 Å². The molecule has 122 valence electrons. The summed E-state index contributed by atoms with van der Waals surface area (Å²) in [6, 6.07) is 4.59. The Bertz CT molecular complexity index is 713. The van der Waals surface area contributed by atoms with Gasteiger partial charge in [0, 0.05) is 30.0 Å². The highest BCUT2D eigenvalue weighted by atomic mass is 16.7. The van der Waals surface area contributed by atoms with Crippen LogP contribution in [-0.2, 0) is 0 Å². The van der Waals surface area contributed by atoms with Crippen molar-refractivity contribution < 1.29 is 14.2 Å². The number of nitrogens with two attached hydrogens (primary N) is 1. The molecule has 0 amide bonds. The number of imidazole rings is 1. The summed E-state index contributed by atoms with van der Waals surface area (Å²) in [6.07, 6.45) is 8.28. The van der Waals surface area contributed by atoms with Crippen molar-refractivity contribution in [2.45, 2.75) is 37.8 Å². The highest BCUT2D eigenvalue weighted by molar-refractivity contribution is 5.67. The number of hydrogen-bond acceptors (Lipinski definition) is 5. The molecule has 0 saturated heterocycles. The summed E-state index contributed by atoms with van der Waals surface area (Å²) >= 11 is 0. The van der Waals surface area contributed by atoms with Crippen molar-refractivity contribution in [3.63, 3.8) is 0 Å². The summed E-state index contributed by atoms with van der Waals surface area (Å²) in [5.41, 5.74) is 7.12. The molecule has 1 aromatic heterocycles. The minimum atomic E-state index is 0.223. The first-order valence-corrected chi connectivity index (χ1v) is 8.02. The Hall–Kier alpha value is -2.21. The van der Waals surface area contributed by atoms with Crippen molar-refractivity contribution >= 4 is 0 Å². The largest absolute Gasteiger partial charge is 0.493 e. The lowest BCUT2D eigenvalue weighted by Gasteiger charge is -2.28. The van der Waals surface area contributed by atoms with E-state index in [1.807, 2.05) is 24.5 Å². The summed E-state index contributed by atoms with van der Waals surface area (Å²) in [5.74, 6) is 2.95. The van der Waals surface area contributed by atoms with E-state index in [0.29, 0.717) is 23.3 Å². The summed E-state index contributed by atoms with van der Waals surface area (Å²) in [5, 5.41) is 0. The highest BCUT2D eigenvalue weighted by Gasteiger charge is 2.25. The van der Waals surface area contributed by atoms with Gasteiger partial charge in [0.2, 0.25) is 12.5 Å². The predicted octanol–water partition coefficient (Wildman–Crippen LogP) is 2.73. The molecule has 2 atom stereocenters. The van der Waals surface area contributed by atoms with Gasteiger partial charge < -0.3 is 24.5 Å². The van der Waals surface area contributed by atoms with Gasteiger partial charge in [-0.3, -0.25) is 0 Å². The van der Waals surface area contributed by atoms with Crippen LogP contribution in [0.1, 0.15) is 31.7 Å². The van der Waals surface area contributed by atoms with Crippen molar-refractivity contribution in [1.29, 1.82) is 0 Å². The second kappa shape index (κ2) is 5.77. The van der Waals surface area contributed by atoms with Gasteiger partial charge in [-0.25, -0.2) is 4.98 Å². The third kappa shape index (κ3) is 2.53. The maximum Gasteiger partial charge on any atom is 0.231 e. The molecule has 23 heavy (non-hydrogen) atoms. The SMILES string of the molecule is COc1cc(-c2nccn2[C@@H]2CCC[C@@H](N)C2)cc2c1OCO2. The van der Waals surface area contributed by atoms with Crippen LogP contribution in [0.15, 0.2) is 24.5 Å². The first-order valence-electron chi connectivity index (χ1n) is 8.02. The quantitative estimate of drug-likeness (QED) is 0.943. The third-order valence-electron chi connectivity index (χ3n) is 4.67. The van der Waals surface area contributed by atoms with E-state index in [1.165, 1.54) is 0 Å². The van der Waals surface area contributed by atoms with Crippen LogP contribution in [0.2, 0.25) is 0 Å². The van der Waals surface area contributed by atoms with Crippen molar-refractivity contribution in [2.24, 2.45) is 5.73 Å². The number of aromatic nitrogens is 2. The van der Waals surface area contributed by atoms with Crippen LogP contribution in [-0.4, -0.2) is 29.5 Å². The van der Waals surface area contributed by atoms with E-state index in [-0.39, 0.29) is 12.8 Å². The minimum Gasteiger partial charge on any atom is -0.493 e. The Morgan fingerprint density at radius 2 is 2.22 bits per heavy atom. The van der Waals surface area contributed by atoms with Crippen LogP contribution in [0.3, 0.4) is 0 Å². The van der Waals surface area contributed by atoms with Crippen LogP contribution in [0.25, 0.3) is 11.4 Å². The summed E-state index contributed by atoms with van der Waals surface area (Å²) in [6.45, 7) is 0.223. The van der Waals surface area contributed by atoms with Crippen molar-refractivity contribution in [3.05, 3.63) is 24.5 Å². The molecule has 1 saturated carbocycles. The molecule has 1 fully saturated rings. The number of rotatable bonds is 3. The van der Waals surface area contributed by atoms with E-state index in [9.17, 15) is 0 Å². The zero-order chi connectivity index (χ0) is 15.8. The van der Waals surface area contributed by atoms with Crippen molar-refractivity contribution in [1.82, 2.24) is 9.55 Å². The van der Waals surface area contributed by atoms with Gasteiger partial charge in [-0.05, 0) is 37.8 Å². The molecule has 2 heterocycles. The van der Waals surface area contributed by atoms with E-state index < -0.39 is 0 Å². The predicted molar refractivity (Wildman–Crippen MR) is 85.8 cm³/mol. The van der Waals surface area contributed by atoms with E-state index in [4.69, 9.17) is 19.9 Å². The van der Waals surface area contributed by atoms with Gasteiger partial charge in [0.05, 0.1) is 7.11 Å². The van der Waals surface area contributed by atoms with E-state index in [2.05, 4.69) is 9.55 Å². The van der Waals surface area contributed by atoms with Crippen molar-refractivity contribution in [3.8, 4) is 28.6 Å². The average Bonchev–Trinajstić information content (AvgIpc) is 3.22. The first-order chi connectivity index (χ1) is 11.3. The number of benzene rings is 1. The molecule has 1 aliphatic carbocycles. The first kappa shape index (κ1) is 14.4. The van der Waals surface area contributed by atoms with Crippen LogP contribution >= 0.6 is 0 Å². The average molecular weight is 315 g/mol. The number of nitrogens with zero attached hydrogens (tertiary/aromatic N) is 2. The molecular formula is C17H21N3O3. The fraction of sp³-hybridized carbons (Fsp3) is 0.471. The van der Waals surface area contributed by atoms with Gasteiger partial charge >= 0.3 is 0 Å². The summed E-state index contributed by atoms with van der Waals surface area (Å²) < 4.78 is 18.7. The molecule has 1 aliphatic heterocycles. The standard InChI is InChI=1S/C17H21N3O3/c1-21-14-7-11(8-15-16(14)23-10-22-15)17-19-5-6-20(17)13-4-2-3-12(18)9-13/h5-8,12-13H,2-4,9-10,18H2,1H3/t12-,13-/m1/s1. The Morgan fingerprint density at radius 3 is 3.04 bits per heavy atom. The molecule has 1 aromatic carbocycles. The van der Waals surface area contributed by atoms with Gasteiger partial charge in [0.25, 0.3) is 0 Å². The maximum absolute atomic E-state index is 6.15. The molecule has 6 heteroatoms. The Morgan fingerprint density at radius 1 is 1.30 bits per heavy atom. The van der Waals surface area contributed by atoms with Gasteiger partial charge in [0.1, 0.15) is 5.82 Å².